The lowest BCUT2D eigenvalue weighted by molar-refractivity contribution is -0.885. The van der Waals surface area contributed by atoms with Crippen LogP contribution in [0, 0.1) is 33.5 Å². The summed E-state index contributed by atoms with van der Waals surface area (Å²) in [6, 6.07) is 21.3. The maximum atomic E-state index is 13.7. The predicted molar refractivity (Wildman–Crippen MR) is 110 cm³/mol. The number of nitrogens with zero attached hydrogens (tertiary/aromatic N) is 2. The summed E-state index contributed by atoms with van der Waals surface area (Å²) in [5.74, 6) is -0.441. The number of rotatable bonds is 2. The van der Waals surface area contributed by atoms with Gasteiger partial charge in [-0.3, -0.25) is 9.69 Å². The van der Waals surface area contributed by atoms with Gasteiger partial charge in [0.15, 0.2) is 17.9 Å². The van der Waals surface area contributed by atoms with Crippen molar-refractivity contribution in [2.24, 2.45) is 10.8 Å². The second-order valence-corrected chi connectivity index (χ2v) is 8.97. The monoisotopic (exact) mass is 382 g/mol. The summed E-state index contributed by atoms with van der Waals surface area (Å²) in [4.78, 5) is 14.6. The highest BCUT2D eigenvalue weighted by atomic mass is 16.1. The van der Waals surface area contributed by atoms with Gasteiger partial charge in [-0.15, -0.1) is 0 Å². The molecule has 1 fully saturated rings. The van der Waals surface area contributed by atoms with Crippen molar-refractivity contribution in [1.29, 1.82) is 10.5 Å². The molecule has 4 nitrogen and oxygen atoms in total. The third-order valence-corrected chi connectivity index (χ3v) is 6.28. The lowest BCUT2D eigenvalue weighted by atomic mass is 9.66. The zero-order valence-electron chi connectivity index (χ0n) is 16.9. The minimum absolute atomic E-state index is 0.0720. The summed E-state index contributed by atoms with van der Waals surface area (Å²) >= 11 is 0. The predicted octanol–water partition coefficient (Wildman–Crippen LogP) is 3.41. The SMILES string of the molecule is CC(C)(C)C(=O)[C@@H]1[C@@H](c2ccccc2)C(C#N)(C#N)[C@@H]2c3ccccc3C=C[NH+]12. The van der Waals surface area contributed by atoms with E-state index in [1.165, 1.54) is 0 Å². The fraction of sp³-hybridized carbons (Fsp3) is 0.320. The summed E-state index contributed by atoms with van der Waals surface area (Å²) in [6.45, 7) is 5.73. The normalized spacial score (nSPS) is 26.7. The molecule has 0 spiro atoms. The first-order chi connectivity index (χ1) is 13.8. The van der Waals surface area contributed by atoms with Crippen LogP contribution in [0.15, 0.2) is 60.8 Å². The first kappa shape index (κ1) is 19.1. The van der Waals surface area contributed by atoms with Crippen LogP contribution in [0.5, 0.6) is 0 Å². The van der Waals surface area contributed by atoms with E-state index in [9.17, 15) is 15.3 Å². The van der Waals surface area contributed by atoms with Crippen molar-refractivity contribution in [2.75, 3.05) is 0 Å². The van der Waals surface area contributed by atoms with Gasteiger partial charge in [-0.2, -0.15) is 10.5 Å². The second-order valence-electron chi connectivity index (χ2n) is 8.97. The molecule has 0 aliphatic carbocycles. The largest absolute Gasteiger partial charge is 0.292 e. The molecule has 1 N–H and O–H groups in total. The maximum absolute atomic E-state index is 13.7. The molecule has 2 heterocycles. The van der Waals surface area contributed by atoms with E-state index in [-0.39, 0.29) is 5.78 Å². The van der Waals surface area contributed by atoms with Crippen LogP contribution in [0.2, 0.25) is 0 Å². The van der Waals surface area contributed by atoms with Crippen LogP contribution in [0.25, 0.3) is 6.08 Å². The molecule has 0 saturated carbocycles. The molecule has 2 aromatic rings. The molecule has 0 amide bonds. The van der Waals surface area contributed by atoms with Gasteiger partial charge in [0, 0.05) is 11.0 Å². The van der Waals surface area contributed by atoms with E-state index < -0.39 is 28.8 Å². The third kappa shape index (κ3) is 2.72. The van der Waals surface area contributed by atoms with Gasteiger partial charge in [-0.25, -0.2) is 0 Å². The van der Waals surface area contributed by atoms with E-state index in [4.69, 9.17) is 0 Å². The lowest BCUT2D eigenvalue weighted by Gasteiger charge is -2.31. The van der Waals surface area contributed by atoms with Crippen LogP contribution >= 0.6 is 0 Å². The number of quaternary nitrogens is 1. The van der Waals surface area contributed by atoms with Crippen molar-refractivity contribution in [3.8, 4) is 12.1 Å². The van der Waals surface area contributed by atoms with E-state index in [0.29, 0.717) is 0 Å². The number of benzene rings is 2. The van der Waals surface area contributed by atoms with Crippen LogP contribution in [0.4, 0.5) is 0 Å². The van der Waals surface area contributed by atoms with Gasteiger partial charge in [0.1, 0.15) is 0 Å². The Bertz CT molecular complexity index is 1050. The molecule has 0 radical (unpaired) electrons. The smallest absolute Gasteiger partial charge is 0.212 e. The molecule has 0 bridgehead atoms. The van der Waals surface area contributed by atoms with Crippen LogP contribution < -0.4 is 4.90 Å². The Hall–Kier alpha value is -3.21. The number of nitriles is 2. The molecular weight excluding hydrogens is 358 g/mol. The first-order valence-electron chi connectivity index (χ1n) is 9.90. The van der Waals surface area contributed by atoms with Crippen LogP contribution in [0.1, 0.15) is 49.4 Å². The van der Waals surface area contributed by atoms with Crippen LogP contribution in [-0.4, -0.2) is 11.8 Å². The Morgan fingerprint density at radius 2 is 1.62 bits per heavy atom. The molecule has 4 atom stereocenters. The molecule has 2 aromatic carbocycles. The summed E-state index contributed by atoms with van der Waals surface area (Å²) in [7, 11) is 0. The van der Waals surface area contributed by atoms with Gasteiger partial charge in [0.25, 0.3) is 0 Å². The molecule has 4 rings (SSSR count). The number of carbonyl (C=O) groups excluding carboxylic acids is 1. The van der Waals surface area contributed by atoms with E-state index in [0.717, 1.165) is 21.6 Å². The summed E-state index contributed by atoms with van der Waals surface area (Å²) in [6.07, 6.45) is 3.99. The fourth-order valence-electron chi connectivity index (χ4n) is 4.99. The Morgan fingerprint density at radius 1 is 1.00 bits per heavy atom. The minimum atomic E-state index is -1.34. The molecule has 1 saturated heterocycles. The van der Waals surface area contributed by atoms with Gasteiger partial charge in [-0.05, 0) is 17.2 Å². The van der Waals surface area contributed by atoms with Gasteiger partial charge in [-0.1, -0.05) is 75.4 Å². The summed E-state index contributed by atoms with van der Waals surface area (Å²) in [5.41, 5.74) is 0.903. The Labute approximate surface area is 171 Å². The number of nitrogens with one attached hydrogen (secondary N) is 1. The molecule has 144 valence electrons. The number of Topliss-reactive ketones (excluding diaryl/α,β-unsaturated/α-hetero) is 1. The van der Waals surface area contributed by atoms with Crippen molar-refractivity contribution in [3.63, 3.8) is 0 Å². The highest BCUT2D eigenvalue weighted by Gasteiger charge is 2.68. The van der Waals surface area contributed by atoms with E-state index in [1.807, 2.05) is 87.6 Å². The zero-order valence-corrected chi connectivity index (χ0v) is 16.9. The molecule has 2 aliphatic rings. The van der Waals surface area contributed by atoms with Crippen molar-refractivity contribution in [1.82, 2.24) is 0 Å². The number of fused-ring (bicyclic) bond motifs is 3. The highest BCUT2D eigenvalue weighted by molar-refractivity contribution is 5.89. The molecular formula is C25H24N3O+. The number of hydrogen-bond donors (Lipinski definition) is 1. The zero-order chi connectivity index (χ0) is 20.8. The van der Waals surface area contributed by atoms with Gasteiger partial charge in [0.2, 0.25) is 5.41 Å². The minimum Gasteiger partial charge on any atom is -0.292 e. The van der Waals surface area contributed by atoms with Crippen LogP contribution in [-0.2, 0) is 4.79 Å². The van der Waals surface area contributed by atoms with Crippen LogP contribution in [0.3, 0.4) is 0 Å². The van der Waals surface area contributed by atoms with E-state index in [2.05, 4.69) is 12.1 Å². The maximum Gasteiger partial charge on any atom is 0.212 e. The number of carbonyl (C=O) groups is 1. The topological polar surface area (TPSA) is 69.1 Å². The fourth-order valence-corrected chi connectivity index (χ4v) is 4.99. The molecule has 2 aliphatic heterocycles. The Balaban J connectivity index is 2.02. The van der Waals surface area contributed by atoms with Gasteiger partial charge >= 0.3 is 0 Å². The first-order valence-corrected chi connectivity index (χ1v) is 9.90. The highest BCUT2D eigenvalue weighted by Crippen LogP contribution is 2.52. The number of ketones is 1. The third-order valence-electron chi connectivity index (χ3n) is 6.28. The Kier molecular flexibility index (Phi) is 4.41. The second kappa shape index (κ2) is 6.69. The average Bonchev–Trinajstić information content (AvgIpc) is 3.04. The Morgan fingerprint density at radius 3 is 2.24 bits per heavy atom. The van der Waals surface area contributed by atoms with Crippen molar-refractivity contribution < 1.29 is 9.69 Å². The van der Waals surface area contributed by atoms with Crippen molar-refractivity contribution in [2.45, 2.75) is 38.8 Å². The summed E-state index contributed by atoms with van der Waals surface area (Å²) < 4.78 is 0. The number of hydrogen-bond acceptors (Lipinski definition) is 3. The van der Waals surface area contributed by atoms with Crippen molar-refractivity contribution in [3.05, 3.63) is 77.5 Å². The molecule has 29 heavy (non-hydrogen) atoms. The lowest BCUT2D eigenvalue weighted by Crippen LogP contribution is -3.12. The average molecular weight is 382 g/mol. The van der Waals surface area contributed by atoms with Crippen molar-refractivity contribution >= 4 is 11.9 Å². The molecule has 0 aromatic heterocycles. The van der Waals surface area contributed by atoms with E-state index >= 15 is 0 Å². The molecule has 1 unspecified atom stereocenters. The van der Waals surface area contributed by atoms with Gasteiger partial charge < -0.3 is 0 Å². The molecule has 4 heteroatoms. The van der Waals surface area contributed by atoms with Gasteiger partial charge in [0.05, 0.1) is 24.3 Å². The standard InChI is InChI=1S/C25H23N3O/c1-24(2,3)23(29)21-20(18-10-5-4-6-11-18)25(15-26,16-27)22-19-12-8-7-9-17(19)13-14-28(21)22/h4-14,20-22H,1-3H3/p+1/t20-,21+,22+/m1/s1. The quantitative estimate of drug-likeness (QED) is 0.865. The van der Waals surface area contributed by atoms with E-state index in [1.54, 1.807) is 0 Å². The summed E-state index contributed by atoms with van der Waals surface area (Å²) in [5, 5.41) is 20.8.